The maximum absolute atomic E-state index is 12.7. The first-order chi connectivity index (χ1) is 15.2. The van der Waals surface area contributed by atoms with Crippen LogP contribution < -0.4 is 5.56 Å². The van der Waals surface area contributed by atoms with E-state index in [9.17, 15) is 4.79 Å². The molecule has 2 atom stereocenters. The van der Waals surface area contributed by atoms with E-state index in [0.717, 1.165) is 38.1 Å². The Balaban J connectivity index is 1.33. The number of nitrogens with zero attached hydrogens (tertiary/aromatic N) is 3. The molecule has 0 unspecified atom stereocenters. The van der Waals surface area contributed by atoms with Crippen molar-refractivity contribution in [1.29, 1.82) is 0 Å². The number of fused-ring (bicyclic) bond motifs is 5. The van der Waals surface area contributed by atoms with E-state index in [2.05, 4.69) is 63.0 Å². The lowest BCUT2D eigenvalue weighted by atomic mass is 9.80. The summed E-state index contributed by atoms with van der Waals surface area (Å²) in [6.07, 6.45) is 3.18. The van der Waals surface area contributed by atoms with Crippen molar-refractivity contribution in [2.45, 2.75) is 25.4 Å². The third-order valence-electron chi connectivity index (χ3n) is 6.80. The molecule has 2 aliphatic heterocycles. The van der Waals surface area contributed by atoms with Crippen molar-refractivity contribution < 1.29 is 0 Å². The van der Waals surface area contributed by atoms with E-state index in [4.69, 9.17) is 0 Å². The molecule has 4 nitrogen and oxygen atoms in total. The molecule has 4 heteroatoms. The second-order valence-corrected chi connectivity index (χ2v) is 8.98. The fourth-order valence-electron chi connectivity index (χ4n) is 5.57. The second kappa shape index (κ2) is 7.47. The largest absolute Gasteiger partial charge is 0.311 e. The molecule has 4 aromatic rings. The van der Waals surface area contributed by atoms with Gasteiger partial charge in [0.25, 0.3) is 5.56 Å². The summed E-state index contributed by atoms with van der Waals surface area (Å²) in [5.74, 6) is 0.897. The summed E-state index contributed by atoms with van der Waals surface area (Å²) in [6.45, 7) is 3.73. The highest BCUT2D eigenvalue weighted by Crippen LogP contribution is 2.40. The van der Waals surface area contributed by atoms with Crippen molar-refractivity contribution in [3.8, 4) is 11.1 Å². The fourth-order valence-corrected chi connectivity index (χ4v) is 5.57. The molecule has 2 aromatic carbocycles. The third kappa shape index (κ3) is 3.37. The first-order valence-electron chi connectivity index (χ1n) is 11.1. The van der Waals surface area contributed by atoms with Crippen molar-refractivity contribution in [3.63, 3.8) is 0 Å². The van der Waals surface area contributed by atoms with Crippen LogP contribution in [0.15, 0.2) is 83.8 Å². The fraction of sp³-hybridized carbons (Fsp3) is 0.259. The Hall–Kier alpha value is -3.24. The Morgan fingerprint density at radius 1 is 0.903 bits per heavy atom. The van der Waals surface area contributed by atoms with E-state index in [0.29, 0.717) is 11.8 Å². The van der Waals surface area contributed by atoms with Crippen LogP contribution in [-0.4, -0.2) is 27.5 Å². The molecular formula is C27H25N3O. The summed E-state index contributed by atoms with van der Waals surface area (Å²) in [4.78, 5) is 19.9. The van der Waals surface area contributed by atoms with Gasteiger partial charge in [0, 0.05) is 61.0 Å². The minimum absolute atomic E-state index is 0.136. The van der Waals surface area contributed by atoms with Gasteiger partial charge in [0.15, 0.2) is 0 Å². The molecule has 154 valence electrons. The first-order valence-corrected chi connectivity index (χ1v) is 11.1. The molecule has 6 rings (SSSR count). The minimum atomic E-state index is 0.136. The van der Waals surface area contributed by atoms with Crippen LogP contribution >= 0.6 is 0 Å². The Bertz CT molecular complexity index is 1310. The summed E-state index contributed by atoms with van der Waals surface area (Å²) in [5, 5.41) is 1.19. The molecule has 2 aliphatic rings. The predicted molar refractivity (Wildman–Crippen MR) is 124 cm³/mol. The van der Waals surface area contributed by atoms with Gasteiger partial charge in [0.2, 0.25) is 0 Å². The van der Waals surface area contributed by atoms with Gasteiger partial charge in [-0.3, -0.25) is 14.7 Å². The maximum atomic E-state index is 12.7. The minimum Gasteiger partial charge on any atom is -0.311 e. The van der Waals surface area contributed by atoms with Gasteiger partial charge in [-0.2, -0.15) is 0 Å². The summed E-state index contributed by atoms with van der Waals surface area (Å²) in [5.41, 5.74) is 6.06. The number of hydrogen-bond donors (Lipinski definition) is 0. The van der Waals surface area contributed by atoms with Gasteiger partial charge < -0.3 is 4.57 Å². The topological polar surface area (TPSA) is 38.1 Å². The zero-order valence-electron chi connectivity index (χ0n) is 17.4. The highest BCUT2D eigenvalue weighted by molar-refractivity contribution is 5.78. The van der Waals surface area contributed by atoms with Gasteiger partial charge in [0.05, 0.1) is 5.52 Å². The molecule has 0 saturated carbocycles. The van der Waals surface area contributed by atoms with Crippen LogP contribution in [0.2, 0.25) is 0 Å². The number of piperidine rings is 1. The van der Waals surface area contributed by atoms with Crippen molar-refractivity contribution in [1.82, 2.24) is 14.5 Å². The second-order valence-electron chi connectivity index (χ2n) is 8.98. The zero-order valence-corrected chi connectivity index (χ0v) is 17.4. The monoisotopic (exact) mass is 407 g/mol. The van der Waals surface area contributed by atoms with Gasteiger partial charge in [-0.25, -0.2) is 0 Å². The maximum Gasteiger partial charge on any atom is 0.250 e. The van der Waals surface area contributed by atoms with Crippen LogP contribution in [-0.2, 0) is 13.1 Å². The average Bonchev–Trinajstić information content (AvgIpc) is 2.80. The van der Waals surface area contributed by atoms with Crippen LogP contribution in [0.1, 0.15) is 23.6 Å². The normalized spacial score (nSPS) is 20.5. The number of aromatic nitrogens is 2. The summed E-state index contributed by atoms with van der Waals surface area (Å²) < 4.78 is 2.05. The van der Waals surface area contributed by atoms with Crippen molar-refractivity contribution in [3.05, 3.63) is 101 Å². The number of rotatable bonds is 3. The number of pyridine rings is 2. The van der Waals surface area contributed by atoms with Crippen molar-refractivity contribution >= 4 is 10.9 Å². The number of hydrogen-bond acceptors (Lipinski definition) is 3. The van der Waals surface area contributed by atoms with Gasteiger partial charge in [-0.05, 0) is 41.7 Å². The van der Waals surface area contributed by atoms with E-state index >= 15 is 0 Å². The molecular weight excluding hydrogens is 382 g/mol. The SMILES string of the molecule is O=c1ccc(-c2ccccc2)c2n1C[C@H]1C[C@@H]2CN(Cc2cnc3ccccc3c2)C1. The Kier molecular flexibility index (Phi) is 4.46. The van der Waals surface area contributed by atoms with Crippen LogP contribution in [0.5, 0.6) is 0 Å². The molecule has 4 heterocycles. The first kappa shape index (κ1) is 18.5. The van der Waals surface area contributed by atoms with Crippen molar-refractivity contribution in [2.24, 2.45) is 5.92 Å². The van der Waals surface area contributed by atoms with E-state index in [1.165, 1.54) is 27.8 Å². The molecule has 0 amide bonds. The number of likely N-dealkylation sites (tertiary alicyclic amines) is 1. The smallest absolute Gasteiger partial charge is 0.250 e. The summed E-state index contributed by atoms with van der Waals surface area (Å²) >= 11 is 0. The number of benzene rings is 2. The lowest BCUT2D eigenvalue weighted by Crippen LogP contribution is -2.47. The van der Waals surface area contributed by atoms with Gasteiger partial charge in [-0.1, -0.05) is 48.5 Å². The lowest BCUT2D eigenvalue weighted by Gasteiger charge is -2.43. The van der Waals surface area contributed by atoms with E-state index in [-0.39, 0.29) is 5.56 Å². The Labute approximate surface area is 181 Å². The molecule has 1 saturated heterocycles. The summed E-state index contributed by atoms with van der Waals surface area (Å²) in [6, 6.07) is 24.8. The van der Waals surface area contributed by atoms with Crippen LogP contribution in [0.3, 0.4) is 0 Å². The van der Waals surface area contributed by atoms with E-state index < -0.39 is 0 Å². The standard InChI is InChI=1S/C27H25N3O/c31-26-11-10-24(21-6-2-1-3-7-21)27-23-13-20(17-30(26)27)16-29(18-23)15-19-12-22-8-4-5-9-25(22)28-14-19/h1-12,14,20,23H,13,15-18H2/t20-,23+/m0/s1. The molecule has 0 spiro atoms. The Morgan fingerprint density at radius 3 is 2.65 bits per heavy atom. The molecule has 0 aliphatic carbocycles. The molecule has 2 aromatic heterocycles. The molecule has 1 fully saturated rings. The predicted octanol–water partition coefficient (Wildman–Crippen LogP) is 4.68. The molecule has 0 radical (unpaired) electrons. The highest BCUT2D eigenvalue weighted by Gasteiger charge is 2.36. The molecule has 2 bridgehead atoms. The van der Waals surface area contributed by atoms with Crippen LogP contribution in [0.4, 0.5) is 0 Å². The van der Waals surface area contributed by atoms with E-state index in [1.54, 1.807) is 6.07 Å². The van der Waals surface area contributed by atoms with Crippen LogP contribution in [0, 0.1) is 5.92 Å². The van der Waals surface area contributed by atoms with Gasteiger partial charge in [0.1, 0.15) is 0 Å². The number of para-hydroxylation sites is 1. The van der Waals surface area contributed by atoms with Gasteiger partial charge >= 0.3 is 0 Å². The van der Waals surface area contributed by atoms with E-state index in [1.807, 2.05) is 24.4 Å². The van der Waals surface area contributed by atoms with Gasteiger partial charge in [-0.15, -0.1) is 0 Å². The highest BCUT2D eigenvalue weighted by atomic mass is 16.1. The zero-order chi connectivity index (χ0) is 20.8. The molecule has 31 heavy (non-hydrogen) atoms. The average molecular weight is 408 g/mol. The molecule has 0 N–H and O–H groups in total. The lowest BCUT2D eigenvalue weighted by molar-refractivity contribution is 0.114. The van der Waals surface area contributed by atoms with Crippen LogP contribution in [0.25, 0.3) is 22.0 Å². The van der Waals surface area contributed by atoms with Crippen molar-refractivity contribution in [2.75, 3.05) is 13.1 Å². The quantitative estimate of drug-likeness (QED) is 0.495. The summed E-state index contributed by atoms with van der Waals surface area (Å²) in [7, 11) is 0. The Morgan fingerprint density at radius 2 is 1.74 bits per heavy atom. The third-order valence-corrected chi connectivity index (χ3v) is 6.80.